The van der Waals surface area contributed by atoms with Crippen LogP contribution in [0.5, 0.6) is 0 Å². The highest BCUT2D eigenvalue weighted by atomic mass is 16.2. The van der Waals surface area contributed by atoms with E-state index in [9.17, 15) is 0 Å². The molecule has 0 unspecified atom stereocenters. The van der Waals surface area contributed by atoms with Crippen LogP contribution in [0.15, 0.2) is 60.7 Å². The maximum Gasteiger partial charge on any atom is 0.0402 e. The summed E-state index contributed by atoms with van der Waals surface area (Å²) in [6, 6.07) is 20.5. The van der Waals surface area contributed by atoms with Crippen molar-refractivity contribution in [2.75, 3.05) is 6.61 Å². The van der Waals surface area contributed by atoms with Gasteiger partial charge in [-0.1, -0.05) is 71.8 Å². The van der Waals surface area contributed by atoms with Crippen molar-refractivity contribution in [1.82, 2.24) is 0 Å². The maximum absolute atomic E-state index is 7.57. The van der Waals surface area contributed by atoms with Gasteiger partial charge in [0, 0.05) is 6.61 Å². The van der Waals surface area contributed by atoms with Crippen LogP contribution in [0.4, 0.5) is 0 Å². The first kappa shape index (κ1) is 15.4. The van der Waals surface area contributed by atoms with Crippen LogP contribution in [-0.4, -0.2) is 11.7 Å². The molecule has 0 saturated heterocycles. The average Bonchev–Trinajstić information content (AvgIpc) is 2.37. The quantitative estimate of drug-likeness (QED) is 0.725. The van der Waals surface area contributed by atoms with Gasteiger partial charge in [-0.2, -0.15) is 0 Å². The molecule has 0 amide bonds. The Morgan fingerprint density at radius 1 is 0.706 bits per heavy atom. The van der Waals surface area contributed by atoms with Gasteiger partial charge in [-0.15, -0.1) is 0 Å². The fraction of sp³-hybridized carbons (Fsp3) is 0.250. The molecule has 0 aliphatic carbocycles. The highest BCUT2D eigenvalue weighted by Gasteiger charge is 1.79. The summed E-state index contributed by atoms with van der Waals surface area (Å²) in [7, 11) is 0. The van der Waals surface area contributed by atoms with Gasteiger partial charge in [0.05, 0.1) is 0 Å². The number of aliphatic hydroxyl groups excluding tert-OH is 1. The summed E-state index contributed by atoms with van der Waals surface area (Å²) >= 11 is 0. The molecule has 0 saturated carbocycles. The number of hydrogen-bond acceptors (Lipinski definition) is 1. The molecule has 0 aliphatic rings. The normalized spacial score (nSPS) is 8.24. The van der Waals surface area contributed by atoms with E-state index >= 15 is 0 Å². The molecule has 1 nitrogen and oxygen atoms in total. The van der Waals surface area contributed by atoms with Gasteiger partial charge >= 0.3 is 0 Å². The number of benzene rings is 2. The zero-order valence-electron chi connectivity index (χ0n) is 10.9. The number of aliphatic hydroxyl groups is 1. The molecule has 0 heterocycles. The lowest BCUT2D eigenvalue weighted by molar-refractivity contribution is 0.318. The fourth-order valence-corrected chi connectivity index (χ4v) is 1.02. The summed E-state index contributed by atoms with van der Waals surface area (Å²) < 4.78 is 0. The second kappa shape index (κ2) is 10.9. The Labute approximate surface area is 105 Å². The first-order valence-corrected chi connectivity index (χ1v) is 5.84. The van der Waals surface area contributed by atoms with Gasteiger partial charge in [0.1, 0.15) is 0 Å². The second-order valence-electron chi connectivity index (χ2n) is 3.63. The number of rotatable bonds is 0. The Kier molecular flexibility index (Phi) is 9.88. The van der Waals surface area contributed by atoms with Crippen LogP contribution in [0.2, 0.25) is 0 Å². The molecule has 0 aromatic heterocycles. The van der Waals surface area contributed by atoms with Crippen LogP contribution in [-0.2, 0) is 0 Å². The van der Waals surface area contributed by atoms with Crippen molar-refractivity contribution < 1.29 is 5.11 Å². The van der Waals surface area contributed by atoms with Gasteiger partial charge in [0.15, 0.2) is 0 Å². The summed E-state index contributed by atoms with van der Waals surface area (Å²) in [6.45, 7) is 6.12. The maximum atomic E-state index is 7.57. The molecule has 2 aromatic rings. The minimum absolute atomic E-state index is 0.250. The Hall–Kier alpha value is -1.60. The van der Waals surface area contributed by atoms with E-state index in [1.165, 1.54) is 11.1 Å². The SMILES string of the molecule is CCO.Cc1ccc(C)cc1.c1ccccc1. The van der Waals surface area contributed by atoms with E-state index in [-0.39, 0.29) is 6.61 Å². The van der Waals surface area contributed by atoms with E-state index in [1.807, 2.05) is 36.4 Å². The number of hydrogen-bond donors (Lipinski definition) is 1. The van der Waals surface area contributed by atoms with Gasteiger partial charge in [-0.05, 0) is 20.8 Å². The topological polar surface area (TPSA) is 20.2 Å². The van der Waals surface area contributed by atoms with E-state index in [0.717, 1.165) is 0 Å². The van der Waals surface area contributed by atoms with Gasteiger partial charge in [-0.3, -0.25) is 0 Å². The third-order valence-electron chi connectivity index (χ3n) is 1.88. The Morgan fingerprint density at radius 2 is 0.882 bits per heavy atom. The van der Waals surface area contributed by atoms with Gasteiger partial charge < -0.3 is 5.11 Å². The molecule has 0 bridgehead atoms. The van der Waals surface area contributed by atoms with Crippen LogP contribution < -0.4 is 0 Å². The number of aryl methyl sites for hydroxylation is 2. The van der Waals surface area contributed by atoms with Crippen molar-refractivity contribution >= 4 is 0 Å². The van der Waals surface area contributed by atoms with Crippen LogP contribution in [0.3, 0.4) is 0 Å². The molecule has 1 N–H and O–H groups in total. The molecule has 17 heavy (non-hydrogen) atoms. The average molecular weight is 230 g/mol. The van der Waals surface area contributed by atoms with E-state index in [0.29, 0.717) is 0 Å². The van der Waals surface area contributed by atoms with Crippen LogP contribution in [0, 0.1) is 13.8 Å². The minimum Gasteiger partial charge on any atom is -0.397 e. The molecule has 0 fully saturated rings. The van der Waals surface area contributed by atoms with Crippen molar-refractivity contribution in [3.05, 3.63) is 71.8 Å². The zero-order valence-corrected chi connectivity index (χ0v) is 10.9. The van der Waals surface area contributed by atoms with Crippen molar-refractivity contribution in [2.45, 2.75) is 20.8 Å². The van der Waals surface area contributed by atoms with Crippen LogP contribution in [0.1, 0.15) is 18.1 Å². The minimum atomic E-state index is 0.250. The summed E-state index contributed by atoms with van der Waals surface area (Å²) in [6.07, 6.45) is 0. The van der Waals surface area contributed by atoms with Crippen LogP contribution in [0.25, 0.3) is 0 Å². The summed E-state index contributed by atoms with van der Waals surface area (Å²) in [4.78, 5) is 0. The first-order chi connectivity index (χ1) is 8.20. The smallest absolute Gasteiger partial charge is 0.0402 e. The fourth-order valence-electron chi connectivity index (χ4n) is 1.02. The molecule has 0 spiro atoms. The summed E-state index contributed by atoms with van der Waals surface area (Å²) in [5, 5.41) is 7.57. The van der Waals surface area contributed by atoms with E-state index in [2.05, 4.69) is 38.1 Å². The predicted octanol–water partition coefficient (Wildman–Crippen LogP) is 3.99. The van der Waals surface area contributed by atoms with Crippen molar-refractivity contribution in [1.29, 1.82) is 0 Å². The molecule has 92 valence electrons. The molecule has 1 heteroatoms. The van der Waals surface area contributed by atoms with E-state index in [4.69, 9.17) is 5.11 Å². The zero-order chi connectivity index (χ0) is 12.9. The third-order valence-corrected chi connectivity index (χ3v) is 1.88. The molecule has 0 radical (unpaired) electrons. The van der Waals surface area contributed by atoms with Crippen molar-refractivity contribution in [3.63, 3.8) is 0 Å². The lowest BCUT2D eigenvalue weighted by Gasteiger charge is -1.90. The first-order valence-electron chi connectivity index (χ1n) is 5.84. The van der Waals surface area contributed by atoms with Gasteiger partial charge in [-0.25, -0.2) is 0 Å². The standard InChI is InChI=1S/C8H10.C6H6.C2H6O/c1-7-3-5-8(2)6-4-7;1-2-4-6-5-3-1;1-2-3/h3-6H,1-2H3;1-6H;3H,2H2,1H3. The highest BCUT2D eigenvalue weighted by molar-refractivity contribution is 5.19. The second-order valence-corrected chi connectivity index (χ2v) is 3.63. The van der Waals surface area contributed by atoms with Crippen LogP contribution >= 0.6 is 0 Å². The molecule has 0 atom stereocenters. The predicted molar refractivity (Wildman–Crippen MR) is 75.1 cm³/mol. The summed E-state index contributed by atoms with van der Waals surface area (Å²) in [5.41, 5.74) is 2.66. The lowest BCUT2D eigenvalue weighted by atomic mass is 10.2. The lowest BCUT2D eigenvalue weighted by Crippen LogP contribution is -1.70. The van der Waals surface area contributed by atoms with E-state index < -0.39 is 0 Å². The molecule has 0 aliphatic heterocycles. The highest BCUT2D eigenvalue weighted by Crippen LogP contribution is 1.99. The molecular formula is C16H22O. The van der Waals surface area contributed by atoms with E-state index in [1.54, 1.807) is 6.92 Å². The van der Waals surface area contributed by atoms with Crippen molar-refractivity contribution in [3.8, 4) is 0 Å². The van der Waals surface area contributed by atoms with Gasteiger partial charge in [0.2, 0.25) is 0 Å². The van der Waals surface area contributed by atoms with Crippen molar-refractivity contribution in [2.24, 2.45) is 0 Å². The summed E-state index contributed by atoms with van der Waals surface area (Å²) in [5.74, 6) is 0. The molecule has 2 aromatic carbocycles. The third kappa shape index (κ3) is 10.7. The Balaban J connectivity index is 0.000000252. The monoisotopic (exact) mass is 230 g/mol. The molecule has 2 rings (SSSR count). The Morgan fingerprint density at radius 3 is 1.06 bits per heavy atom. The molecular weight excluding hydrogens is 208 g/mol. The largest absolute Gasteiger partial charge is 0.397 e. The van der Waals surface area contributed by atoms with Gasteiger partial charge in [0.25, 0.3) is 0 Å². The Bertz CT molecular complexity index is 303.